The van der Waals surface area contributed by atoms with E-state index in [0.717, 1.165) is 15.9 Å². The lowest BCUT2D eigenvalue weighted by Gasteiger charge is -2.43. The normalized spacial score (nSPS) is 14.8. The number of carbonyl (C=O) groups is 9. The number of nitrogens with two attached hydrogens (primary N) is 1. The van der Waals surface area contributed by atoms with Crippen LogP contribution in [0.5, 0.6) is 5.75 Å². The van der Waals surface area contributed by atoms with Gasteiger partial charge in [-0.1, -0.05) is 165 Å². The van der Waals surface area contributed by atoms with Crippen molar-refractivity contribution in [3.8, 4) is 5.75 Å². The zero-order valence-corrected chi connectivity index (χ0v) is 56.5. The van der Waals surface area contributed by atoms with Crippen molar-refractivity contribution >= 4 is 71.7 Å². The van der Waals surface area contributed by atoms with Crippen LogP contribution in [-0.2, 0) is 60.4 Å². The van der Waals surface area contributed by atoms with Gasteiger partial charge in [-0.25, -0.2) is 4.79 Å². The van der Waals surface area contributed by atoms with E-state index < -0.39 is 116 Å². The maximum Gasteiger partial charge on any atom is 0.326 e. The second-order valence-corrected chi connectivity index (χ2v) is 30.7. The van der Waals surface area contributed by atoms with Crippen LogP contribution in [-0.4, -0.2) is 134 Å². The molecule has 8 N–H and O–H groups in total. The molecule has 0 aliphatic carbocycles. The lowest BCUT2D eigenvalue weighted by molar-refractivity contribution is -0.143. The van der Waals surface area contributed by atoms with Gasteiger partial charge in [0.15, 0.2) is 5.78 Å². The summed E-state index contributed by atoms with van der Waals surface area (Å²) in [6.45, 7) is 22.6. The van der Waals surface area contributed by atoms with Crippen LogP contribution < -0.4 is 47.4 Å². The number of benzene rings is 4. The number of aliphatic carboxylic acids is 1. The minimum Gasteiger partial charge on any atom is -0.488 e. The van der Waals surface area contributed by atoms with E-state index in [0.29, 0.717) is 30.8 Å². The van der Waals surface area contributed by atoms with Crippen LogP contribution in [0, 0.1) is 23.7 Å². The number of carboxylic acids is 1. The molecular formula is C70H101N7O12Si. The minimum absolute atomic E-state index is 0.0397. The van der Waals surface area contributed by atoms with Crippen molar-refractivity contribution < 1.29 is 57.4 Å². The summed E-state index contributed by atoms with van der Waals surface area (Å²) in [5, 5.41) is 25.7. The number of likely N-dealkylation sites (N-methyl/N-ethyl adjacent to an activating group) is 1. The number of nitrogens with zero attached hydrogens (tertiary/aromatic N) is 1. The number of carboxylic acid groups (broad SMARTS) is 1. The van der Waals surface area contributed by atoms with Gasteiger partial charge in [0.25, 0.3) is 8.32 Å². The van der Waals surface area contributed by atoms with E-state index in [1.54, 1.807) is 52.0 Å². The Labute approximate surface area is 534 Å². The van der Waals surface area contributed by atoms with E-state index in [1.807, 2.05) is 94.4 Å². The highest BCUT2D eigenvalue weighted by Crippen LogP contribution is 2.37. The molecule has 0 spiro atoms. The molecule has 4 rings (SSSR count). The van der Waals surface area contributed by atoms with Gasteiger partial charge < -0.3 is 56.3 Å². The van der Waals surface area contributed by atoms with Crippen LogP contribution in [0.1, 0.15) is 146 Å². The Morgan fingerprint density at radius 3 is 1.67 bits per heavy atom. The summed E-state index contributed by atoms with van der Waals surface area (Å²) in [5.74, 6) is -8.21. The lowest BCUT2D eigenvalue weighted by atomic mass is 9.86. The smallest absolute Gasteiger partial charge is 0.326 e. The van der Waals surface area contributed by atoms with Gasteiger partial charge in [0.2, 0.25) is 35.4 Å². The number of hydrogen-bond donors (Lipinski definition) is 7. The predicted octanol–water partition coefficient (Wildman–Crippen LogP) is 6.99. The molecule has 492 valence electrons. The molecule has 0 aliphatic heterocycles. The van der Waals surface area contributed by atoms with Gasteiger partial charge in [-0.2, -0.15) is 0 Å². The average Bonchev–Trinajstić information content (AvgIpc) is 0.794. The van der Waals surface area contributed by atoms with Crippen LogP contribution in [0.15, 0.2) is 115 Å². The summed E-state index contributed by atoms with van der Waals surface area (Å²) in [7, 11) is 0.0171. The first-order valence-electron chi connectivity index (χ1n) is 31.6. The maximum absolute atomic E-state index is 15.3. The van der Waals surface area contributed by atoms with Crippen LogP contribution >= 0.6 is 0 Å². The fraction of sp³-hybridized carbons (Fsp3) is 0.529. The van der Waals surface area contributed by atoms with E-state index in [1.165, 1.54) is 25.9 Å². The molecule has 0 aliphatic rings. The second kappa shape index (κ2) is 35.2. The number of ketones is 2. The number of nitrogens with one attached hydrogen (secondary N) is 5. The minimum atomic E-state index is -2.89. The molecule has 0 saturated carbocycles. The molecule has 0 heterocycles. The standard InChI is InChI=1S/C70H101N7O12Si/c1-15-46(4)61(59(79)41-47(5)62(66(84)74-57(68(86)87)40-45(2)3)76-63(81)51(42-48(6)78)35-38-60(80)72-13)75-65(83)58(44-50-33-36-52(37-34-50)89-69(7,8)9)77(14)67(85)56(43-49-26-19-16-20-27-49)73-64(82)55(71)32-25-39-88-90(70(10,11)12,53-28-21-17-22-29-53)54-30-23-18-24-31-54/h16-24,26-31,33-34,36-37,45-47,51,55-58,61-62H,15,25,32,35,38-44,71H2,1-14H3,(H,72,80)(H,73,82)(H,74,84)(H,75,83)(H,76,81)(H,86,87)/t46-,47-,51+,55+,56?,57-,58-,61-,62-/m0/s1. The van der Waals surface area contributed by atoms with Crippen molar-refractivity contribution in [3.63, 3.8) is 0 Å². The highest BCUT2D eigenvalue weighted by molar-refractivity contribution is 6.99. The summed E-state index contributed by atoms with van der Waals surface area (Å²) in [6.07, 6.45) is 0.303. The van der Waals surface area contributed by atoms with E-state index in [9.17, 15) is 38.7 Å². The molecule has 19 nitrogen and oxygen atoms in total. The second-order valence-electron chi connectivity index (χ2n) is 26.4. The predicted molar refractivity (Wildman–Crippen MR) is 353 cm³/mol. The van der Waals surface area contributed by atoms with Crippen LogP contribution in [0.3, 0.4) is 0 Å². The Bertz CT molecular complexity index is 2950. The van der Waals surface area contributed by atoms with Gasteiger partial charge in [0.1, 0.15) is 41.3 Å². The SMILES string of the molecule is CC[C@H](C)[C@H](NC(=O)[C@H](Cc1ccc(OC(C)(C)C)cc1)N(C)C(=O)C(Cc1ccccc1)NC(=O)[C@H](N)CCCO[Si](c1ccccc1)(c1ccccc1)C(C)(C)C)C(=O)C[C@H](C)[C@H](NC(=O)[C@H](CCC(=O)NC)CC(C)=O)C(=O)N[C@@H](CC(C)C)C(=O)O. The monoisotopic (exact) mass is 1260 g/mol. The topological polar surface area (TPSA) is 282 Å². The molecule has 0 saturated heterocycles. The molecule has 0 fully saturated rings. The molecule has 20 heteroatoms. The highest BCUT2D eigenvalue weighted by atomic mass is 28.4. The average molecular weight is 1260 g/mol. The van der Waals surface area contributed by atoms with Gasteiger partial charge in [-0.15, -0.1) is 0 Å². The van der Waals surface area contributed by atoms with E-state index in [2.05, 4.69) is 71.6 Å². The molecule has 0 radical (unpaired) electrons. The summed E-state index contributed by atoms with van der Waals surface area (Å²) in [4.78, 5) is 127. The molecule has 9 atom stereocenters. The summed E-state index contributed by atoms with van der Waals surface area (Å²) < 4.78 is 13.2. The summed E-state index contributed by atoms with van der Waals surface area (Å²) in [5.41, 5.74) is 7.55. The molecule has 6 amide bonds. The Balaban J connectivity index is 1.70. The van der Waals surface area contributed by atoms with Gasteiger partial charge >= 0.3 is 5.97 Å². The van der Waals surface area contributed by atoms with E-state index in [4.69, 9.17) is 14.9 Å². The van der Waals surface area contributed by atoms with Crippen LogP contribution in [0.2, 0.25) is 5.04 Å². The largest absolute Gasteiger partial charge is 0.488 e. The van der Waals surface area contributed by atoms with Crippen molar-refractivity contribution in [3.05, 3.63) is 126 Å². The Kier molecular flexibility index (Phi) is 29.3. The molecule has 0 bridgehead atoms. The Morgan fingerprint density at radius 2 is 1.17 bits per heavy atom. The van der Waals surface area contributed by atoms with Crippen molar-refractivity contribution in [1.82, 2.24) is 31.5 Å². The third-order valence-corrected chi connectivity index (χ3v) is 21.3. The molecule has 1 unspecified atom stereocenters. The van der Waals surface area contributed by atoms with Gasteiger partial charge in [-0.05, 0) is 110 Å². The number of Topliss-reactive ketones (excluding diaryl/α,β-unsaturated/α-hetero) is 2. The number of ether oxygens (including phenoxy) is 1. The number of carbonyl (C=O) groups excluding carboxylic acids is 8. The highest BCUT2D eigenvalue weighted by Gasteiger charge is 2.50. The third-order valence-electron chi connectivity index (χ3n) is 16.3. The Morgan fingerprint density at radius 1 is 0.633 bits per heavy atom. The van der Waals surface area contributed by atoms with Crippen molar-refractivity contribution in [2.45, 2.75) is 194 Å². The number of rotatable bonds is 36. The fourth-order valence-corrected chi connectivity index (χ4v) is 15.8. The van der Waals surface area contributed by atoms with Crippen LogP contribution in [0.25, 0.3) is 0 Å². The number of hydrogen-bond acceptors (Lipinski definition) is 12. The summed E-state index contributed by atoms with van der Waals surface area (Å²) >= 11 is 0. The van der Waals surface area contributed by atoms with Gasteiger partial charge in [0, 0.05) is 58.7 Å². The zero-order chi connectivity index (χ0) is 67.1. The van der Waals surface area contributed by atoms with Gasteiger partial charge in [-0.3, -0.25) is 33.6 Å². The first kappa shape index (κ1) is 74.9. The first-order valence-corrected chi connectivity index (χ1v) is 33.5. The van der Waals surface area contributed by atoms with Gasteiger partial charge in [0.05, 0.1) is 12.1 Å². The molecule has 90 heavy (non-hydrogen) atoms. The first-order chi connectivity index (χ1) is 42.3. The maximum atomic E-state index is 15.3. The molecule has 0 aromatic heterocycles. The zero-order valence-electron chi connectivity index (χ0n) is 55.5. The van der Waals surface area contributed by atoms with Crippen molar-refractivity contribution in [2.24, 2.45) is 29.4 Å². The van der Waals surface area contributed by atoms with E-state index >= 15 is 9.59 Å². The molecule has 4 aromatic rings. The Hall–Kier alpha value is -7.55. The quantitative estimate of drug-likeness (QED) is 0.0179. The molecule has 4 aromatic carbocycles. The lowest BCUT2D eigenvalue weighted by Crippen LogP contribution is -2.66. The van der Waals surface area contributed by atoms with Crippen LogP contribution in [0.4, 0.5) is 0 Å². The summed E-state index contributed by atoms with van der Waals surface area (Å²) in [6, 6.07) is 29.1. The molecular weight excluding hydrogens is 1160 g/mol. The van der Waals surface area contributed by atoms with E-state index in [-0.39, 0.29) is 67.6 Å². The fourth-order valence-electron chi connectivity index (χ4n) is 11.2. The third kappa shape index (κ3) is 22.7. The number of amides is 6. The van der Waals surface area contributed by atoms with Crippen molar-refractivity contribution in [2.75, 3.05) is 20.7 Å². The van der Waals surface area contributed by atoms with Crippen molar-refractivity contribution in [1.29, 1.82) is 0 Å².